The molecule has 0 spiro atoms. The number of nitrogens with one attached hydrogen (secondary N) is 1. The van der Waals surface area contributed by atoms with Crippen LogP contribution in [-0.4, -0.2) is 23.6 Å². The third kappa shape index (κ3) is 3.39. The fourth-order valence-electron chi connectivity index (χ4n) is 3.05. The predicted molar refractivity (Wildman–Crippen MR) is 69.5 cm³/mol. The van der Waals surface area contributed by atoms with Gasteiger partial charge in [0, 0.05) is 17.8 Å². The summed E-state index contributed by atoms with van der Waals surface area (Å²) < 4.78 is 0. The van der Waals surface area contributed by atoms with Gasteiger partial charge in [-0.2, -0.15) is 11.8 Å². The molecule has 0 aromatic rings. The molecule has 88 valence electrons. The molecule has 1 saturated heterocycles. The van der Waals surface area contributed by atoms with E-state index in [1.807, 2.05) is 0 Å². The fourth-order valence-corrected chi connectivity index (χ4v) is 4.27. The molecule has 2 heteroatoms. The summed E-state index contributed by atoms with van der Waals surface area (Å²) in [7, 11) is 0. The first-order chi connectivity index (χ1) is 7.40. The van der Waals surface area contributed by atoms with Crippen molar-refractivity contribution in [3.63, 3.8) is 0 Å². The van der Waals surface area contributed by atoms with Crippen molar-refractivity contribution in [3.05, 3.63) is 0 Å². The Labute approximate surface area is 98.8 Å². The Morgan fingerprint density at radius 2 is 2.00 bits per heavy atom. The molecule has 1 heterocycles. The van der Waals surface area contributed by atoms with Crippen LogP contribution in [-0.2, 0) is 0 Å². The summed E-state index contributed by atoms with van der Waals surface area (Å²) in [6, 6.07) is 0.838. The van der Waals surface area contributed by atoms with Crippen molar-refractivity contribution in [2.45, 2.75) is 63.2 Å². The molecule has 1 saturated carbocycles. The Morgan fingerprint density at radius 1 is 1.13 bits per heavy atom. The molecule has 3 atom stereocenters. The first kappa shape index (κ1) is 11.8. The van der Waals surface area contributed by atoms with Crippen LogP contribution in [0.15, 0.2) is 0 Å². The highest BCUT2D eigenvalue weighted by molar-refractivity contribution is 8.00. The van der Waals surface area contributed by atoms with Gasteiger partial charge in [-0.3, -0.25) is 0 Å². The second-order valence-corrected chi connectivity index (χ2v) is 6.51. The normalized spacial score (nSPS) is 37.0. The largest absolute Gasteiger partial charge is 0.313 e. The smallest absolute Gasteiger partial charge is 0.0172 e. The molecule has 2 aliphatic rings. The maximum atomic E-state index is 3.84. The summed E-state index contributed by atoms with van der Waals surface area (Å²) in [5, 5.41) is 4.76. The van der Waals surface area contributed by atoms with E-state index in [0.29, 0.717) is 0 Å². The van der Waals surface area contributed by atoms with Gasteiger partial charge in [-0.25, -0.2) is 0 Å². The molecule has 0 amide bonds. The van der Waals surface area contributed by atoms with E-state index in [1.165, 1.54) is 57.2 Å². The third-order valence-electron chi connectivity index (χ3n) is 4.07. The van der Waals surface area contributed by atoms with E-state index in [-0.39, 0.29) is 0 Å². The zero-order valence-electron chi connectivity index (χ0n) is 10.0. The van der Waals surface area contributed by atoms with Crippen molar-refractivity contribution in [2.24, 2.45) is 5.92 Å². The van der Waals surface area contributed by atoms with E-state index in [9.17, 15) is 0 Å². The quantitative estimate of drug-likeness (QED) is 0.789. The Bertz CT molecular complexity index is 177. The van der Waals surface area contributed by atoms with Crippen LogP contribution < -0.4 is 5.32 Å². The lowest BCUT2D eigenvalue weighted by molar-refractivity contribution is 0.256. The lowest BCUT2D eigenvalue weighted by Crippen LogP contribution is -2.41. The molecular weight excluding hydrogens is 202 g/mol. The van der Waals surface area contributed by atoms with Gasteiger partial charge in [0.25, 0.3) is 0 Å². The van der Waals surface area contributed by atoms with Crippen LogP contribution in [0.4, 0.5) is 0 Å². The summed E-state index contributed by atoms with van der Waals surface area (Å²) in [6.07, 6.45) is 10.1. The van der Waals surface area contributed by atoms with Gasteiger partial charge in [-0.05, 0) is 37.4 Å². The number of hydrogen-bond donors (Lipinski definition) is 1. The van der Waals surface area contributed by atoms with E-state index in [4.69, 9.17) is 0 Å². The van der Waals surface area contributed by atoms with Crippen LogP contribution >= 0.6 is 11.8 Å². The summed E-state index contributed by atoms with van der Waals surface area (Å²) in [6.45, 7) is 3.63. The van der Waals surface area contributed by atoms with Crippen LogP contribution in [0.5, 0.6) is 0 Å². The minimum Gasteiger partial charge on any atom is -0.313 e. The molecule has 1 N–H and O–H groups in total. The maximum absolute atomic E-state index is 3.84. The average Bonchev–Trinajstić information content (AvgIpc) is 2.79. The van der Waals surface area contributed by atoms with Gasteiger partial charge < -0.3 is 5.32 Å². The van der Waals surface area contributed by atoms with Crippen LogP contribution in [0.1, 0.15) is 51.9 Å². The average molecular weight is 227 g/mol. The molecule has 1 aliphatic heterocycles. The molecular formula is C13H25NS. The molecule has 1 nitrogen and oxygen atoms in total. The van der Waals surface area contributed by atoms with Crippen molar-refractivity contribution < 1.29 is 0 Å². The van der Waals surface area contributed by atoms with E-state index < -0.39 is 0 Å². The molecule has 0 bridgehead atoms. The van der Waals surface area contributed by atoms with Crippen molar-refractivity contribution in [2.75, 3.05) is 12.3 Å². The first-order valence-electron chi connectivity index (χ1n) is 6.75. The summed E-state index contributed by atoms with van der Waals surface area (Å²) in [5.41, 5.74) is 0. The van der Waals surface area contributed by atoms with Gasteiger partial charge in [-0.1, -0.05) is 26.2 Å². The van der Waals surface area contributed by atoms with Crippen molar-refractivity contribution in [3.8, 4) is 0 Å². The summed E-state index contributed by atoms with van der Waals surface area (Å²) in [5.74, 6) is 2.36. The predicted octanol–water partition coefficient (Wildman–Crippen LogP) is 3.44. The summed E-state index contributed by atoms with van der Waals surface area (Å²) >= 11 is 2.18. The minimum absolute atomic E-state index is 0.838. The Balaban J connectivity index is 1.71. The van der Waals surface area contributed by atoms with E-state index in [0.717, 1.165) is 17.2 Å². The van der Waals surface area contributed by atoms with Gasteiger partial charge in [0.1, 0.15) is 0 Å². The first-order valence-corrected chi connectivity index (χ1v) is 7.80. The monoisotopic (exact) mass is 227 g/mol. The van der Waals surface area contributed by atoms with Crippen molar-refractivity contribution in [1.82, 2.24) is 5.32 Å². The topological polar surface area (TPSA) is 12.0 Å². The second-order valence-electron chi connectivity index (χ2n) is 5.10. The molecule has 3 unspecified atom stereocenters. The molecule has 1 aliphatic carbocycles. The van der Waals surface area contributed by atoms with Crippen molar-refractivity contribution in [1.29, 1.82) is 0 Å². The van der Waals surface area contributed by atoms with Crippen LogP contribution in [0, 0.1) is 5.92 Å². The van der Waals surface area contributed by atoms with Crippen molar-refractivity contribution >= 4 is 11.8 Å². The molecule has 0 aromatic heterocycles. The van der Waals surface area contributed by atoms with E-state index in [1.54, 1.807) is 0 Å². The molecule has 2 fully saturated rings. The maximum Gasteiger partial charge on any atom is 0.0172 e. The van der Waals surface area contributed by atoms with Gasteiger partial charge >= 0.3 is 0 Å². The number of hydrogen-bond acceptors (Lipinski definition) is 2. The Morgan fingerprint density at radius 3 is 2.73 bits per heavy atom. The molecule has 0 radical (unpaired) electrons. The fraction of sp³-hybridized carbons (Fsp3) is 1.00. The third-order valence-corrected chi connectivity index (χ3v) is 5.46. The van der Waals surface area contributed by atoms with Gasteiger partial charge in [-0.15, -0.1) is 0 Å². The van der Waals surface area contributed by atoms with E-state index in [2.05, 4.69) is 24.0 Å². The van der Waals surface area contributed by atoms with Gasteiger partial charge in [0.15, 0.2) is 0 Å². The lowest BCUT2D eigenvalue weighted by atomic mass is 9.83. The van der Waals surface area contributed by atoms with Crippen LogP contribution in [0.2, 0.25) is 0 Å². The zero-order chi connectivity index (χ0) is 10.5. The number of thioether (sulfide) groups is 1. The summed E-state index contributed by atoms with van der Waals surface area (Å²) in [4.78, 5) is 0. The van der Waals surface area contributed by atoms with E-state index >= 15 is 0 Å². The highest BCUT2D eigenvalue weighted by Crippen LogP contribution is 2.29. The van der Waals surface area contributed by atoms with Gasteiger partial charge in [0.05, 0.1) is 0 Å². The van der Waals surface area contributed by atoms with Crippen LogP contribution in [0.3, 0.4) is 0 Å². The van der Waals surface area contributed by atoms with Gasteiger partial charge in [0.2, 0.25) is 0 Å². The number of rotatable bonds is 4. The Kier molecular flexibility index (Phi) is 4.83. The SMILES string of the molecule is CCC1CCCCC1NCC1CCCS1. The lowest BCUT2D eigenvalue weighted by Gasteiger charge is -2.32. The molecule has 2 rings (SSSR count). The van der Waals surface area contributed by atoms with Crippen LogP contribution in [0.25, 0.3) is 0 Å². The standard InChI is InChI=1S/C13H25NS/c1-2-11-6-3-4-8-13(11)14-10-12-7-5-9-15-12/h11-14H,2-10H2,1H3. The highest BCUT2D eigenvalue weighted by Gasteiger charge is 2.24. The Hall–Kier alpha value is 0.310. The zero-order valence-corrected chi connectivity index (χ0v) is 10.8. The minimum atomic E-state index is 0.838. The highest BCUT2D eigenvalue weighted by atomic mass is 32.2. The molecule has 15 heavy (non-hydrogen) atoms. The second kappa shape index (κ2) is 6.15. The molecule has 0 aromatic carbocycles.